The van der Waals surface area contributed by atoms with Crippen LogP contribution in [0.3, 0.4) is 0 Å². The molecule has 2 rings (SSSR count). The first-order valence-electron chi connectivity index (χ1n) is 8.77. The maximum Gasteiger partial charge on any atom is 0.387 e. The van der Waals surface area contributed by atoms with Crippen LogP contribution < -0.4 is 0 Å². The Morgan fingerprint density at radius 3 is 1.66 bits per heavy atom. The van der Waals surface area contributed by atoms with Crippen molar-refractivity contribution in [2.24, 2.45) is 0 Å². The molecule has 0 aliphatic heterocycles. The quantitative estimate of drug-likeness (QED) is 0.231. The average Bonchev–Trinajstić information content (AvgIpc) is 2.74. The lowest BCUT2D eigenvalue weighted by molar-refractivity contribution is -0.187. The molecule has 1 N–H and O–H groups in total. The van der Waals surface area contributed by atoms with Gasteiger partial charge in [-0.15, -0.1) is 0 Å². The van der Waals surface area contributed by atoms with Gasteiger partial charge >= 0.3 is 17.9 Å². The van der Waals surface area contributed by atoms with Crippen LogP contribution in [-0.4, -0.2) is 35.7 Å². The van der Waals surface area contributed by atoms with E-state index < -0.39 is 24.0 Å². The fourth-order valence-electron chi connectivity index (χ4n) is 1.81. The van der Waals surface area contributed by atoms with Crippen molar-refractivity contribution in [2.75, 3.05) is 6.61 Å². The number of carbonyl (C=O) groups is 3. The van der Waals surface area contributed by atoms with Crippen LogP contribution in [0.2, 0.25) is 20.1 Å². The van der Waals surface area contributed by atoms with Gasteiger partial charge in [-0.25, -0.2) is 24.2 Å². The van der Waals surface area contributed by atoms with Gasteiger partial charge < -0.3 is 9.84 Å². The van der Waals surface area contributed by atoms with Gasteiger partial charge in [-0.05, 0) is 38.1 Å². The second-order valence-electron chi connectivity index (χ2n) is 6.17. The zero-order chi connectivity index (χ0) is 24.4. The van der Waals surface area contributed by atoms with E-state index in [4.69, 9.17) is 51.5 Å². The Morgan fingerprint density at radius 1 is 0.906 bits per heavy atom. The Hall–Kier alpha value is -2.29. The highest BCUT2D eigenvalue weighted by atomic mass is 35.5. The monoisotopic (exact) mass is 522 g/mol. The molecule has 32 heavy (non-hydrogen) atoms. The van der Waals surface area contributed by atoms with Gasteiger partial charge in [-0.1, -0.05) is 65.1 Å². The van der Waals surface area contributed by atoms with Crippen LogP contribution in [-0.2, 0) is 19.3 Å². The minimum Gasteiger partial charge on any atom is -0.460 e. The summed E-state index contributed by atoms with van der Waals surface area (Å²) in [6, 6.07) is 8.74. The number of ether oxygens (including phenoxy) is 1. The van der Waals surface area contributed by atoms with Crippen LogP contribution in [0, 0.1) is 0 Å². The molecule has 0 heterocycles. The Balaban J connectivity index is 0.000000433. The van der Waals surface area contributed by atoms with Crippen LogP contribution in [0.4, 0.5) is 0 Å². The van der Waals surface area contributed by atoms with Crippen LogP contribution >= 0.6 is 46.4 Å². The van der Waals surface area contributed by atoms with E-state index in [0.29, 0.717) is 5.57 Å². The lowest BCUT2D eigenvalue weighted by atomic mass is 10.2. The number of halogens is 4. The fraction of sp³-hybridized carbons (Fsp3) is 0.190. The van der Waals surface area contributed by atoms with Crippen molar-refractivity contribution in [1.82, 2.24) is 0 Å². The highest BCUT2D eigenvalue weighted by molar-refractivity contribution is 6.44. The Kier molecular flexibility index (Phi) is 11.5. The molecule has 0 aliphatic carbocycles. The van der Waals surface area contributed by atoms with Crippen molar-refractivity contribution in [1.29, 1.82) is 0 Å². The Bertz CT molecular complexity index is 942. The van der Waals surface area contributed by atoms with Crippen LogP contribution in [0.5, 0.6) is 0 Å². The maximum absolute atomic E-state index is 11.8. The zero-order valence-electron chi connectivity index (χ0n) is 16.9. The molecule has 0 fully saturated rings. The van der Waals surface area contributed by atoms with E-state index >= 15 is 0 Å². The Labute approximate surface area is 204 Å². The van der Waals surface area contributed by atoms with Gasteiger partial charge in [0.1, 0.15) is 6.61 Å². The summed E-state index contributed by atoms with van der Waals surface area (Å²) in [5, 5.41) is 8.99. The number of hydrogen-bond donors (Lipinski definition) is 1. The molecule has 0 radical (unpaired) electrons. The van der Waals surface area contributed by atoms with Gasteiger partial charge in [0, 0.05) is 5.57 Å². The van der Waals surface area contributed by atoms with Crippen molar-refractivity contribution in [3.05, 3.63) is 79.8 Å². The van der Waals surface area contributed by atoms with Gasteiger partial charge in [0.15, 0.2) is 0 Å². The van der Waals surface area contributed by atoms with Gasteiger partial charge in [0.25, 0.3) is 0 Å². The third kappa shape index (κ3) is 8.68. The molecule has 0 aromatic heterocycles. The van der Waals surface area contributed by atoms with Crippen molar-refractivity contribution >= 4 is 64.3 Å². The second-order valence-corrected chi connectivity index (χ2v) is 7.74. The predicted octanol–water partition coefficient (Wildman–Crippen LogP) is 5.72. The topological polar surface area (TPSA) is 99.1 Å². The van der Waals surface area contributed by atoms with E-state index in [1.54, 1.807) is 13.8 Å². The largest absolute Gasteiger partial charge is 0.460 e. The lowest BCUT2D eigenvalue weighted by Crippen LogP contribution is -2.15. The van der Waals surface area contributed by atoms with Crippen molar-refractivity contribution < 1.29 is 34.0 Å². The second kappa shape index (κ2) is 13.3. The molecule has 0 spiro atoms. The number of rotatable bonds is 5. The molecule has 0 aliphatic rings. The molecule has 0 saturated heterocycles. The molecular weight excluding hydrogens is 506 g/mol. The normalized spacial score (nSPS) is 10.8. The number of benzene rings is 2. The minimum absolute atomic E-state index is 0.00833. The third-order valence-corrected chi connectivity index (χ3v) is 4.98. The van der Waals surface area contributed by atoms with Crippen LogP contribution in [0.25, 0.3) is 0 Å². The molecule has 1 atom stereocenters. The van der Waals surface area contributed by atoms with E-state index in [1.807, 2.05) is 0 Å². The van der Waals surface area contributed by atoms with E-state index in [2.05, 4.69) is 21.1 Å². The highest BCUT2D eigenvalue weighted by Gasteiger charge is 2.20. The predicted molar refractivity (Wildman–Crippen MR) is 121 cm³/mol. The molecule has 0 saturated carbocycles. The lowest BCUT2D eigenvalue weighted by Gasteiger charge is -2.06. The summed E-state index contributed by atoms with van der Waals surface area (Å²) in [7, 11) is 0. The first-order chi connectivity index (χ1) is 15.0. The van der Waals surface area contributed by atoms with Crippen LogP contribution in [0.15, 0.2) is 48.6 Å². The van der Waals surface area contributed by atoms with E-state index in [9.17, 15) is 14.4 Å². The summed E-state index contributed by atoms with van der Waals surface area (Å²) in [6.45, 7) is 6.52. The van der Waals surface area contributed by atoms with Crippen molar-refractivity contribution in [3.63, 3.8) is 0 Å². The van der Waals surface area contributed by atoms with Crippen LogP contribution in [0.1, 0.15) is 34.6 Å². The SMILES string of the molecule is C=C(C)C(=O)OCC(C)O.O=C(OOC(=O)c1cccc(Cl)c1Cl)c1cccc(Cl)c1Cl. The summed E-state index contributed by atoms with van der Waals surface area (Å²) < 4.78 is 4.58. The summed E-state index contributed by atoms with van der Waals surface area (Å²) in [5.41, 5.74) is 0.263. The summed E-state index contributed by atoms with van der Waals surface area (Å²) in [5.74, 6) is -2.40. The molecule has 2 aromatic carbocycles. The van der Waals surface area contributed by atoms with Crippen molar-refractivity contribution in [2.45, 2.75) is 20.0 Å². The summed E-state index contributed by atoms with van der Waals surface area (Å²) in [4.78, 5) is 43.1. The molecule has 0 amide bonds. The number of carbonyl (C=O) groups excluding carboxylic acids is 3. The van der Waals surface area contributed by atoms with Crippen molar-refractivity contribution in [3.8, 4) is 0 Å². The first-order valence-corrected chi connectivity index (χ1v) is 10.3. The smallest absolute Gasteiger partial charge is 0.387 e. The number of aliphatic hydroxyl groups excluding tert-OH is 1. The molecule has 1 unspecified atom stereocenters. The molecule has 11 heteroatoms. The van der Waals surface area contributed by atoms with Gasteiger partial charge in [-0.3, -0.25) is 0 Å². The van der Waals surface area contributed by atoms with Gasteiger partial charge in [0.2, 0.25) is 0 Å². The van der Waals surface area contributed by atoms with Gasteiger partial charge in [0.05, 0.1) is 37.3 Å². The number of aliphatic hydroxyl groups is 1. The standard InChI is InChI=1S/C14H6Cl4O4.C7H12O3/c15-9-5-1-3-7(11(9)17)13(19)21-22-14(20)8-4-2-6-10(16)12(8)18;1-5(2)7(9)10-4-6(3)8/h1-6H;6,8H,1,4H2,2-3H3. The van der Waals surface area contributed by atoms with E-state index in [-0.39, 0.29) is 37.8 Å². The molecule has 2 aromatic rings. The number of esters is 1. The molecule has 172 valence electrons. The highest BCUT2D eigenvalue weighted by Crippen LogP contribution is 2.27. The fourth-order valence-corrected chi connectivity index (χ4v) is 2.56. The minimum atomic E-state index is -0.973. The molecule has 7 nitrogen and oxygen atoms in total. The summed E-state index contributed by atoms with van der Waals surface area (Å²) in [6.07, 6.45) is -0.608. The molecular formula is C21H18Cl4O7. The first kappa shape index (κ1) is 27.7. The summed E-state index contributed by atoms with van der Waals surface area (Å²) >= 11 is 23.3. The maximum atomic E-state index is 11.8. The molecule has 0 bridgehead atoms. The third-order valence-electron chi connectivity index (χ3n) is 3.34. The Morgan fingerprint density at radius 2 is 1.31 bits per heavy atom. The van der Waals surface area contributed by atoms with Gasteiger partial charge in [-0.2, -0.15) is 0 Å². The zero-order valence-corrected chi connectivity index (χ0v) is 19.9. The van der Waals surface area contributed by atoms with E-state index in [1.165, 1.54) is 36.4 Å². The number of hydrogen-bond acceptors (Lipinski definition) is 7. The average molecular weight is 524 g/mol. The van der Waals surface area contributed by atoms with E-state index in [0.717, 1.165) is 0 Å².